The predicted octanol–water partition coefficient (Wildman–Crippen LogP) is 2.98. The Kier molecular flexibility index (Phi) is 7.73. The van der Waals surface area contributed by atoms with Gasteiger partial charge in [-0.25, -0.2) is 4.39 Å². The van der Waals surface area contributed by atoms with Crippen molar-refractivity contribution in [2.24, 2.45) is 4.99 Å². The van der Waals surface area contributed by atoms with Crippen LogP contribution in [0.25, 0.3) is 0 Å². The van der Waals surface area contributed by atoms with Crippen molar-refractivity contribution < 1.29 is 18.6 Å². The first-order chi connectivity index (χ1) is 13.1. The van der Waals surface area contributed by atoms with Crippen LogP contribution in [0.15, 0.2) is 47.5 Å². The van der Waals surface area contributed by atoms with Gasteiger partial charge in [-0.05, 0) is 36.8 Å². The number of hydrogen-bond donors (Lipinski definition) is 2. The van der Waals surface area contributed by atoms with Gasteiger partial charge in [-0.1, -0.05) is 18.2 Å². The zero-order valence-electron chi connectivity index (χ0n) is 16.1. The highest BCUT2D eigenvalue weighted by Crippen LogP contribution is 2.27. The summed E-state index contributed by atoms with van der Waals surface area (Å²) in [7, 11) is 4.89. The fraction of sp³-hybridized carbons (Fsp3) is 0.350. The van der Waals surface area contributed by atoms with Gasteiger partial charge in [0.1, 0.15) is 6.10 Å². The molecule has 0 bridgehead atoms. The van der Waals surface area contributed by atoms with Crippen molar-refractivity contribution in [2.75, 3.05) is 27.8 Å². The van der Waals surface area contributed by atoms with Crippen molar-refractivity contribution in [3.05, 3.63) is 53.8 Å². The second kappa shape index (κ2) is 10.3. The van der Waals surface area contributed by atoms with E-state index in [1.807, 2.05) is 25.1 Å². The third-order valence-corrected chi connectivity index (χ3v) is 3.85. The maximum absolute atomic E-state index is 13.6. The highest BCUT2D eigenvalue weighted by Gasteiger charge is 2.09. The Morgan fingerprint density at radius 1 is 1.04 bits per heavy atom. The number of guanidine groups is 1. The molecule has 0 fully saturated rings. The van der Waals surface area contributed by atoms with Gasteiger partial charge >= 0.3 is 0 Å². The van der Waals surface area contributed by atoms with Gasteiger partial charge in [0.2, 0.25) is 0 Å². The molecular weight excluding hydrogens is 349 g/mol. The van der Waals surface area contributed by atoms with Crippen LogP contribution < -0.4 is 24.8 Å². The summed E-state index contributed by atoms with van der Waals surface area (Å²) in [6.07, 6.45) is -0.235. The van der Waals surface area contributed by atoms with Crippen LogP contribution in [0.1, 0.15) is 12.5 Å². The number of para-hydroxylation sites is 1. The number of ether oxygens (including phenoxy) is 3. The average Bonchev–Trinajstić information content (AvgIpc) is 2.69. The minimum Gasteiger partial charge on any atom is -0.493 e. The van der Waals surface area contributed by atoms with E-state index in [1.54, 1.807) is 39.5 Å². The van der Waals surface area contributed by atoms with Crippen LogP contribution in [0.4, 0.5) is 4.39 Å². The quantitative estimate of drug-likeness (QED) is 0.549. The van der Waals surface area contributed by atoms with Crippen molar-refractivity contribution in [1.29, 1.82) is 0 Å². The molecule has 0 radical (unpaired) electrons. The van der Waals surface area contributed by atoms with Gasteiger partial charge in [-0.3, -0.25) is 4.99 Å². The van der Waals surface area contributed by atoms with E-state index in [2.05, 4.69) is 15.6 Å². The molecule has 0 aliphatic rings. The zero-order chi connectivity index (χ0) is 19.6. The number of nitrogens with zero attached hydrogens (tertiary/aromatic N) is 1. The molecule has 146 valence electrons. The number of aliphatic imine (C=N–C) groups is 1. The molecule has 0 saturated heterocycles. The van der Waals surface area contributed by atoms with Gasteiger partial charge in [0, 0.05) is 13.6 Å². The van der Waals surface area contributed by atoms with Crippen LogP contribution in [0.2, 0.25) is 0 Å². The second-order valence-corrected chi connectivity index (χ2v) is 5.85. The second-order valence-electron chi connectivity index (χ2n) is 5.85. The first-order valence-electron chi connectivity index (χ1n) is 8.64. The highest BCUT2D eigenvalue weighted by atomic mass is 19.1. The van der Waals surface area contributed by atoms with Gasteiger partial charge in [0.05, 0.1) is 20.8 Å². The van der Waals surface area contributed by atoms with E-state index in [0.717, 1.165) is 5.56 Å². The highest BCUT2D eigenvalue weighted by molar-refractivity contribution is 5.79. The summed E-state index contributed by atoms with van der Waals surface area (Å²) in [5.74, 6) is 1.84. The largest absolute Gasteiger partial charge is 0.493 e. The lowest BCUT2D eigenvalue weighted by Gasteiger charge is -2.18. The van der Waals surface area contributed by atoms with Gasteiger partial charge in [-0.2, -0.15) is 0 Å². The molecule has 2 N–H and O–H groups in total. The van der Waals surface area contributed by atoms with E-state index in [1.165, 1.54) is 6.07 Å². The Bertz CT molecular complexity index is 768. The summed E-state index contributed by atoms with van der Waals surface area (Å²) in [6, 6.07) is 12.1. The topological polar surface area (TPSA) is 64.1 Å². The van der Waals surface area contributed by atoms with E-state index in [9.17, 15) is 4.39 Å². The van der Waals surface area contributed by atoms with Crippen LogP contribution in [-0.4, -0.2) is 39.9 Å². The normalized spacial score (nSPS) is 12.3. The molecule has 0 aliphatic carbocycles. The van der Waals surface area contributed by atoms with Gasteiger partial charge < -0.3 is 24.8 Å². The monoisotopic (exact) mass is 375 g/mol. The summed E-state index contributed by atoms with van der Waals surface area (Å²) < 4.78 is 29.8. The van der Waals surface area contributed by atoms with Crippen LogP contribution in [0.3, 0.4) is 0 Å². The zero-order valence-corrected chi connectivity index (χ0v) is 16.1. The third-order valence-electron chi connectivity index (χ3n) is 3.85. The molecule has 2 aromatic rings. The molecule has 6 nitrogen and oxygen atoms in total. The van der Waals surface area contributed by atoms with E-state index in [0.29, 0.717) is 30.5 Å². The van der Waals surface area contributed by atoms with Crippen LogP contribution >= 0.6 is 0 Å². The lowest BCUT2D eigenvalue weighted by Crippen LogP contribution is -2.41. The SMILES string of the molecule is CN=C(NCc1ccc(OC)c(OC)c1)NCC(C)Oc1ccccc1F. The maximum Gasteiger partial charge on any atom is 0.191 e. The fourth-order valence-corrected chi connectivity index (χ4v) is 2.44. The summed E-state index contributed by atoms with van der Waals surface area (Å²) in [5.41, 5.74) is 1.02. The Morgan fingerprint density at radius 3 is 2.44 bits per heavy atom. The van der Waals surface area contributed by atoms with Crippen molar-refractivity contribution in [3.8, 4) is 17.2 Å². The summed E-state index contributed by atoms with van der Waals surface area (Å²) >= 11 is 0. The predicted molar refractivity (Wildman–Crippen MR) is 104 cm³/mol. The smallest absolute Gasteiger partial charge is 0.191 e. The average molecular weight is 375 g/mol. The van der Waals surface area contributed by atoms with E-state index >= 15 is 0 Å². The molecule has 0 saturated carbocycles. The van der Waals surface area contributed by atoms with E-state index in [4.69, 9.17) is 14.2 Å². The standard InChI is InChI=1S/C20H26FN3O3/c1-14(27-17-8-6-5-7-16(17)21)12-23-20(22-2)24-13-15-9-10-18(25-3)19(11-15)26-4/h5-11,14H,12-13H2,1-4H3,(H2,22,23,24). The summed E-state index contributed by atoms with van der Waals surface area (Å²) in [4.78, 5) is 4.18. The number of nitrogens with one attached hydrogen (secondary N) is 2. The van der Waals surface area contributed by atoms with Crippen molar-refractivity contribution in [3.63, 3.8) is 0 Å². The molecular formula is C20H26FN3O3. The lowest BCUT2D eigenvalue weighted by molar-refractivity contribution is 0.214. The minimum atomic E-state index is -0.375. The van der Waals surface area contributed by atoms with Gasteiger partial charge in [0.15, 0.2) is 29.0 Å². The summed E-state index contributed by atoms with van der Waals surface area (Å²) in [6.45, 7) is 2.89. The number of halogens is 1. The van der Waals surface area contributed by atoms with Crippen LogP contribution in [-0.2, 0) is 6.54 Å². The van der Waals surface area contributed by atoms with E-state index in [-0.39, 0.29) is 17.7 Å². The maximum atomic E-state index is 13.6. The molecule has 27 heavy (non-hydrogen) atoms. The van der Waals surface area contributed by atoms with Crippen molar-refractivity contribution >= 4 is 5.96 Å². The molecule has 0 amide bonds. The first-order valence-corrected chi connectivity index (χ1v) is 8.64. The molecule has 0 aliphatic heterocycles. The number of rotatable bonds is 8. The number of benzene rings is 2. The molecule has 7 heteroatoms. The Labute approximate surface area is 159 Å². The number of methoxy groups -OCH3 is 2. The lowest BCUT2D eigenvalue weighted by atomic mass is 10.2. The van der Waals surface area contributed by atoms with Gasteiger partial charge in [0.25, 0.3) is 0 Å². The van der Waals surface area contributed by atoms with Crippen LogP contribution in [0.5, 0.6) is 17.2 Å². The Morgan fingerprint density at radius 2 is 1.78 bits per heavy atom. The Hall–Kier alpha value is -2.96. The van der Waals surface area contributed by atoms with Crippen LogP contribution in [0, 0.1) is 5.82 Å². The molecule has 0 spiro atoms. The molecule has 0 heterocycles. The minimum absolute atomic E-state index is 0.235. The van der Waals surface area contributed by atoms with Crippen molar-refractivity contribution in [2.45, 2.75) is 19.6 Å². The van der Waals surface area contributed by atoms with Crippen molar-refractivity contribution in [1.82, 2.24) is 10.6 Å². The molecule has 2 rings (SSSR count). The molecule has 1 unspecified atom stereocenters. The van der Waals surface area contributed by atoms with E-state index < -0.39 is 0 Å². The number of hydrogen-bond acceptors (Lipinski definition) is 4. The Balaban J connectivity index is 1.84. The summed E-state index contributed by atoms with van der Waals surface area (Å²) in [5, 5.41) is 6.38. The molecule has 1 atom stereocenters. The fourth-order valence-electron chi connectivity index (χ4n) is 2.44. The van der Waals surface area contributed by atoms with Gasteiger partial charge in [-0.15, -0.1) is 0 Å². The third kappa shape index (κ3) is 6.06. The first kappa shape index (κ1) is 20.4. The molecule has 2 aromatic carbocycles. The molecule has 0 aromatic heterocycles.